The lowest BCUT2D eigenvalue weighted by atomic mass is 9.82. The van der Waals surface area contributed by atoms with Gasteiger partial charge in [-0.15, -0.1) is 11.6 Å². The molecule has 0 spiro atoms. The van der Waals surface area contributed by atoms with Crippen molar-refractivity contribution in [3.8, 4) is 0 Å². The number of nitrogens with zero attached hydrogens (tertiary/aromatic N) is 1. The second-order valence-electron chi connectivity index (χ2n) is 4.48. The van der Waals surface area contributed by atoms with Crippen LogP contribution in [0.2, 0.25) is 0 Å². The van der Waals surface area contributed by atoms with Crippen LogP contribution >= 0.6 is 11.6 Å². The zero-order valence-electron chi connectivity index (χ0n) is 9.20. The Morgan fingerprint density at radius 1 is 1.33 bits per heavy atom. The molecule has 2 rings (SSSR count). The van der Waals surface area contributed by atoms with Gasteiger partial charge in [-0.05, 0) is 31.5 Å². The van der Waals surface area contributed by atoms with Gasteiger partial charge in [0.15, 0.2) is 0 Å². The molecule has 0 saturated carbocycles. The lowest BCUT2D eigenvalue weighted by molar-refractivity contribution is 0.201. The van der Waals surface area contributed by atoms with Crippen molar-refractivity contribution in [1.82, 2.24) is 4.90 Å². The normalized spacial score (nSPS) is 27.9. The molecule has 1 saturated heterocycles. The molecule has 0 radical (unpaired) electrons. The van der Waals surface area contributed by atoms with E-state index < -0.39 is 0 Å². The highest BCUT2D eigenvalue weighted by molar-refractivity contribution is 6.18. The van der Waals surface area contributed by atoms with Crippen LogP contribution in [-0.4, -0.2) is 30.9 Å². The van der Waals surface area contributed by atoms with Crippen LogP contribution in [0.4, 0.5) is 0 Å². The minimum atomic E-state index is 0.613. The lowest BCUT2D eigenvalue weighted by Crippen LogP contribution is -2.37. The van der Waals surface area contributed by atoms with E-state index in [9.17, 15) is 0 Å². The summed E-state index contributed by atoms with van der Waals surface area (Å²) in [6, 6.07) is 10.8. The average Bonchev–Trinajstić information content (AvgIpc) is 2.30. The molecule has 1 aliphatic rings. The summed E-state index contributed by atoms with van der Waals surface area (Å²) >= 11 is 6.05. The van der Waals surface area contributed by atoms with Gasteiger partial charge in [0.2, 0.25) is 0 Å². The van der Waals surface area contributed by atoms with Crippen LogP contribution < -0.4 is 0 Å². The summed E-state index contributed by atoms with van der Waals surface area (Å²) in [7, 11) is 2.19. The van der Waals surface area contributed by atoms with E-state index in [-0.39, 0.29) is 0 Å². The Bertz CT molecular complexity index is 299. The molecule has 0 unspecified atom stereocenters. The monoisotopic (exact) mass is 223 g/mol. The predicted molar refractivity (Wildman–Crippen MR) is 65.5 cm³/mol. The second kappa shape index (κ2) is 5.00. The van der Waals surface area contributed by atoms with Gasteiger partial charge in [0, 0.05) is 18.3 Å². The van der Waals surface area contributed by atoms with Gasteiger partial charge in [0.05, 0.1) is 0 Å². The molecule has 1 heterocycles. The number of piperidine rings is 1. The summed E-state index contributed by atoms with van der Waals surface area (Å²) in [5.74, 6) is 2.04. The van der Waals surface area contributed by atoms with E-state index in [1.54, 1.807) is 0 Å². The van der Waals surface area contributed by atoms with E-state index in [2.05, 4.69) is 42.3 Å². The molecule has 1 aliphatic heterocycles. The summed E-state index contributed by atoms with van der Waals surface area (Å²) in [6.45, 7) is 2.32. The Morgan fingerprint density at radius 2 is 2.07 bits per heavy atom. The van der Waals surface area contributed by atoms with E-state index in [0.29, 0.717) is 11.8 Å². The standard InChI is InChI=1S/C13H18ClN/c1-15-8-7-12(9-14)13(10-15)11-5-3-2-4-6-11/h2-6,12-13H,7-10H2,1H3/t12-,13+/m1/s1. The third-order valence-corrected chi connectivity index (χ3v) is 3.78. The highest BCUT2D eigenvalue weighted by atomic mass is 35.5. The van der Waals surface area contributed by atoms with Crippen LogP contribution in [0, 0.1) is 5.92 Å². The minimum Gasteiger partial charge on any atom is -0.306 e. The Kier molecular flexibility index (Phi) is 3.66. The fourth-order valence-electron chi connectivity index (χ4n) is 2.43. The molecule has 15 heavy (non-hydrogen) atoms. The van der Waals surface area contributed by atoms with Crippen molar-refractivity contribution in [2.24, 2.45) is 5.92 Å². The number of benzene rings is 1. The van der Waals surface area contributed by atoms with Gasteiger partial charge >= 0.3 is 0 Å². The van der Waals surface area contributed by atoms with Crippen LogP contribution in [0.3, 0.4) is 0 Å². The van der Waals surface area contributed by atoms with Crippen LogP contribution in [0.15, 0.2) is 30.3 Å². The number of hydrogen-bond acceptors (Lipinski definition) is 1. The molecule has 82 valence electrons. The van der Waals surface area contributed by atoms with Crippen molar-refractivity contribution in [2.45, 2.75) is 12.3 Å². The number of rotatable bonds is 2. The molecule has 2 atom stereocenters. The first-order valence-corrected chi connectivity index (χ1v) is 6.14. The van der Waals surface area contributed by atoms with E-state index in [1.807, 2.05) is 0 Å². The highest BCUT2D eigenvalue weighted by Crippen LogP contribution is 2.32. The Balaban J connectivity index is 2.17. The fraction of sp³-hybridized carbons (Fsp3) is 0.538. The first kappa shape index (κ1) is 11.0. The number of likely N-dealkylation sites (N-methyl/N-ethyl adjacent to an activating group) is 1. The minimum absolute atomic E-state index is 0.613. The maximum atomic E-state index is 6.05. The Morgan fingerprint density at radius 3 is 2.73 bits per heavy atom. The summed E-state index contributed by atoms with van der Waals surface area (Å²) in [4.78, 5) is 2.40. The maximum Gasteiger partial charge on any atom is 0.0258 e. The average molecular weight is 224 g/mol. The molecule has 1 fully saturated rings. The quantitative estimate of drug-likeness (QED) is 0.697. The topological polar surface area (TPSA) is 3.24 Å². The van der Waals surface area contributed by atoms with Crippen molar-refractivity contribution in [3.05, 3.63) is 35.9 Å². The second-order valence-corrected chi connectivity index (χ2v) is 4.79. The molecule has 1 nitrogen and oxygen atoms in total. The van der Waals surface area contributed by atoms with Gasteiger partial charge in [0.1, 0.15) is 0 Å². The zero-order valence-corrected chi connectivity index (χ0v) is 9.95. The molecule has 1 aromatic rings. The van der Waals surface area contributed by atoms with Crippen LogP contribution in [0.1, 0.15) is 17.9 Å². The van der Waals surface area contributed by atoms with Gasteiger partial charge in [-0.25, -0.2) is 0 Å². The van der Waals surface area contributed by atoms with Gasteiger partial charge in [0.25, 0.3) is 0 Å². The lowest BCUT2D eigenvalue weighted by Gasteiger charge is -2.36. The Labute approximate surface area is 97.0 Å². The van der Waals surface area contributed by atoms with Crippen molar-refractivity contribution in [3.63, 3.8) is 0 Å². The van der Waals surface area contributed by atoms with E-state index in [0.717, 1.165) is 12.4 Å². The zero-order chi connectivity index (χ0) is 10.7. The van der Waals surface area contributed by atoms with Gasteiger partial charge < -0.3 is 4.90 Å². The predicted octanol–water partition coefficient (Wildman–Crippen LogP) is 2.96. The number of alkyl halides is 1. The maximum absolute atomic E-state index is 6.05. The van der Waals surface area contributed by atoms with E-state index >= 15 is 0 Å². The summed E-state index contributed by atoms with van der Waals surface area (Å²) in [6.07, 6.45) is 1.22. The number of likely N-dealkylation sites (tertiary alicyclic amines) is 1. The van der Waals surface area contributed by atoms with Crippen molar-refractivity contribution in [2.75, 3.05) is 26.0 Å². The highest BCUT2D eigenvalue weighted by Gasteiger charge is 2.27. The first-order chi connectivity index (χ1) is 7.31. The van der Waals surface area contributed by atoms with Gasteiger partial charge in [-0.3, -0.25) is 0 Å². The third-order valence-electron chi connectivity index (χ3n) is 3.38. The number of hydrogen-bond donors (Lipinski definition) is 0. The largest absolute Gasteiger partial charge is 0.306 e. The fourth-order valence-corrected chi connectivity index (χ4v) is 2.80. The van der Waals surface area contributed by atoms with Crippen LogP contribution in [0.5, 0.6) is 0 Å². The molecule has 0 N–H and O–H groups in total. The van der Waals surface area contributed by atoms with Gasteiger partial charge in [-0.1, -0.05) is 30.3 Å². The molecule has 0 bridgehead atoms. The summed E-state index contributed by atoms with van der Waals surface area (Å²) in [5.41, 5.74) is 1.44. The smallest absolute Gasteiger partial charge is 0.0258 e. The summed E-state index contributed by atoms with van der Waals surface area (Å²) in [5, 5.41) is 0. The summed E-state index contributed by atoms with van der Waals surface area (Å²) < 4.78 is 0. The molecule has 0 aromatic heterocycles. The van der Waals surface area contributed by atoms with Crippen molar-refractivity contribution >= 4 is 11.6 Å². The molecule has 0 amide bonds. The van der Waals surface area contributed by atoms with Crippen molar-refractivity contribution in [1.29, 1.82) is 0 Å². The molecule has 2 heteroatoms. The first-order valence-electron chi connectivity index (χ1n) is 5.60. The van der Waals surface area contributed by atoms with E-state index in [1.165, 1.54) is 18.5 Å². The number of halogens is 1. The van der Waals surface area contributed by atoms with Crippen molar-refractivity contribution < 1.29 is 0 Å². The molecule has 0 aliphatic carbocycles. The van der Waals surface area contributed by atoms with Gasteiger partial charge in [-0.2, -0.15) is 0 Å². The molecular weight excluding hydrogens is 206 g/mol. The third kappa shape index (κ3) is 2.53. The molecule has 1 aromatic carbocycles. The Hall–Kier alpha value is -0.530. The molecular formula is C13H18ClN. The van der Waals surface area contributed by atoms with Crippen LogP contribution in [-0.2, 0) is 0 Å². The van der Waals surface area contributed by atoms with E-state index in [4.69, 9.17) is 11.6 Å². The SMILES string of the molecule is CN1CC[C@H](CCl)[C@H](c2ccccc2)C1. The van der Waals surface area contributed by atoms with Crippen LogP contribution in [0.25, 0.3) is 0 Å².